The van der Waals surface area contributed by atoms with Crippen LogP contribution >= 0.6 is 45.3 Å². The first kappa shape index (κ1) is 58.4. The van der Waals surface area contributed by atoms with E-state index in [0.29, 0.717) is 44.5 Å². The van der Waals surface area contributed by atoms with Crippen LogP contribution in [0.1, 0.15) is 108 Å². The average molecular weight is 1300 g/mol. The molecule has 4 aliphatic carbocycles. The molecule has 0 atom stereocenters. The molecule has 0 bridgehead atoms. The number of rotatable bonds is 8. The molecule has 96 heavy (non-hydrogen) atoms. The average Bonchev–Trinajstić information content (AvgIpc) is 1.50. The Bertz CT molecular complexity index is 5460. The van der Waals surface area contributed by atoms with Crippen molar-refractivity contribution in [1.82, 2.24) is 0 Å². The monoisotopic (exact) mass is 1300 g/mol. The Hall–Kier alpha value is -11.4. The van der Waals surface area contributed by atoms with Gasteiger partial charge in [0.25, 0.3) is 0 Å². The summed E-state index contributed by atoms with van der Waals surface area (Å²) in [7, 11) is 0. The third kappa shape index (κ3) is 8.48. The normalized spacial score (nSPS) is 15.0. The molecule has 0 radical (unpaired) electrons. The van der Waals surface area contributed by atoms with Gasteiger partial charge in [0.15, 0.2) is 11.6 Å². The topological polar surface area (TPSA) is 129 Å². The molecule has 450 valence electrons. The molecule has 4 aliphatic rings. The van der Waals surface area contributed by atoms with Crippen molar-refractivity contribution in [2.24, 2.45) is 0 Å². The highest BCUT2D eigenvalue weighted by Crippen LogP contribution is 2.65. The second kappa shape index (κ2) is 22.1. The first-order valence-corrected chi connectivity index (χ1v) is 34.7. The third-order valence-corrected chi connectivity index (χ3v) is 24.5. The van der Waals surface area contributed by atoms with E-state index >= 15 is 0 Å². The lowest BCUT2D eigenvalue weighted by atomic mass is 9.65. The predicted molar refractivity (Wildman–Crippen MR) is 391 cm³/mol. The molecule has 0 aliphatic heterocycles. The number of hydrogen-bond donors (Lipinski definition) is 0. The van der Waals surface area contributed by atoms with Gasteiger partial charge in [-0.05, 0) is 178 Å². The van der Waals surface area contributed by atoms with E-state index in [1.807, 2.05) is 48.6 Å². The number of Topliss-reactive ketones (excluding diaryl/α,β-unsaturated/α-hetero) is 2. The van der Waals surface area contributed by atoms with Gasteiger partial charge in [0.2, 0.25) is 0 Å². The van der Waals surface area contributed by atoms with E-state index in [1.54, 1.807) is 69.6 Å². The van der Waals surface area contributed by atoms with Gasteiger partial charge in [-0.1, -0.05) is 180 Å². The summed E-state index contributed by atoms with van der Waals surface area (Å²) in [6.07, 6.45) is 3.68. The number of benzene rings is 9. The van der Waals surface area contributed by atoms with Crippen LogP contribution in [0.15, 0.2) is 241 Å². The Morgan fingerprint density at radius 2 is 0.677 bits per heavy atom. The number of carbonyl (C=O) groups is 2. The van der Waals surface area contributed by atoms with Gasteiger partial charge in [0.1, 0.15) is 35.4 Å². The highest BCUT2D eigenvalue weighted by atomic mass is 32.1. The van der Waals surface area contributed by atoms with Gasteiger partial charge >= 0.3 is 0 Å². The molecule has 10 heteroatoms. The molecule has 6 nitrogen and oxygen atoms in total. The SMILES string of the molecule is Cc1ccc(C2(c3ccc(C)cc3)c3cc4c(cc3-c3c2ccc2sc(-c5ccc(/C=C6\C(=O)c7ccccc7C6=C(C#N)C#N)s5)cc32)C(c2ccc(C)cc2)(c2ccc(C)cc2)c2ccc3sc(-c5ccc(/C=C6\C(=O)c7ccccc7C6=C(C#N)C#N)s5)cc3c2-4)cc1. The maximum Gasteiger partial charge on any atom is 0.194 e. The molecule has 0 N–H and O–H groups in total. The number of thiophene rings is 4. The molecular weight excluding hydrogens is 1250 g/mol. The number of hydrogen-bond acceptors (Lipinski definition) is 10. The van der Waals surface area contributed by atoms with E-state index in [1.165, 1.54) is 89.0 Å². The molecule has 4 heterocycles. The number of aryl methyl sites for hydroxylation is 4. The summed E-state index contributed by atoms with van der Waals surface area (Å²) in [5.74, 6) is -0.408. The molecule has 4 aromatic heterocycles. The fourth-order valence-electron chi connectivity index (χ4n) is 15.5. The van der Waals surface area contributed by atoms with Gasteiger partial charge in [-0.15, -0.1) is 45.3 Å². The van der Waals surface area contributed by atoms with E-state index in [2.05, 4.69) is 210 Å². The second-order valence-corrected chi connectivity index (χ2v) is 29.5. The van der Waals surface area contributed by atoms with Gasteiger partial charge in [-0.2, -0.15) is 21.0 Å². The van der Waals surface area contributed by atoms with Gasteiger partial charge in [0, 0.05) is 82.9 Å². The molecule has 0 unspecified atom stereocenters. The standard InChI is InChI=1S/C86H50N4O2S4/c1-47-13-21-53(22-14-47)85(54-23-15-48(2)16-24-54)69-31-35-73-65(41-77(95-73)75-33-29-57(93-75)37-67-79(51(43-87)44-88)59-9-5-7-11-61(59)83(67)91)81(69)63-40-72-64(39-71(63)85)82-66-42-78(76-34-30-58(94-76)38-68-80(52(45-89)46-90)60-10-6-8-12-62(60)84(68)92)96-74(66)36-32-70(82)86(72,55-25-17-49(3)18-26-55)56-27-19-50(4)20-28-56/h5-42H,1-4H3/b67-37-,68-38-. The van der Waals surface area contributed by atoms with Crippen LogP contribution in [0.2, 0.25) is 0 Å². The second-order valence-electron chi connectivity index (χ2n) is 25.1. The summed E-state index contributed by atoms with van der Waals surface area (Å²) in [6.45, 7) is 8.60. The lowest BCUT2D eigenvalue weighted by molar-refractivity contribution is 0.103. The first-order valence-electron chi connectivity index (χ1n) is 31.5. The number of carbonyl (C=O) groups excluding carboxylic acids is 2. The van der Waals surface area contributed by atoms with E-state index in [4.69, 9.17) is 0 Å². The van der Waals surface area contributed by atoms with Crippen molar-refractivity contribution in [3.63, 3.8) is 0 Å². The first-order chi connectivity index (χ1) is 46.8. The summed E-state index contributed by atoms with van der Waals surface area (Å²) in [5.41, 5.74) is 20.7. The van der Waals surface area contributed by atoms with Crippen LogP contribution in [0, 0.1) is 73.0 Å². The van der Waals surface area contributed by atoms with E-state index in [-0.39, 0.29) is 22.7 Å². The zero-order chi connectivity index (χ0) is 65.5. The maximum atomic E-state index is 14.1. The van der Waals surface area contributed by atoms with Crippen molar-refractivity contribution < 1.29 is 9.59 Å². The summed E-state index contributed by atoms with van der Waals surface area (Å²) in [4.78, 5) is 34.1. The van der Waals surface area contributed by atoms with Crippen LogP contribution in [0.3, 0.4) is 0 Å². The van der Waals surface area contributed by atoms with Crippen molar-refractivity contribution in [1.29, 1.82) is 21.0 Å². The van der Waals surface area contributed by atoms with Gasteiger partial charge in [-0.25, -0.2) is 0 Å². The molecule has 0 fully saturated rings. The molecule has 0 saturated carbocycles. The fraction of sp³-hybridized carbons (Fsp3) is 0.0698. The Morgan fingerprint density at radius 3 is 1.01 bits per heavy atom. The highest BCUT2D eigenvalue weighted by molar-refractivity contribution is 7.27. The molecular formula is C86H50N4O2S4. The Balaban J connectivity index is 0.905. The minimum Gasteiger partial charge on any atom is -0.289 e. The molecule has 9 aromatic carbocycles. The van der Waals surface area contributed by atoms with Crippen LogP contribution in [0.4, 0.5) is 0 Å². The van der Waals surface area contributed by atoms with Gasteiger partial charge < -0.3 is 0 Å². The largest absolute Gasteiger partial charge is 0.289 e. The molecule has 0 amide bonds. The van der Waals surface area contributed by atoms with E-state index in [0.717, 1.165) is 49.4 Å². The Morgan fingerprint density at radius 1 is 0.344 bits per heavy atom. The van der Waals surface area contributed by atoms with E-state index in [9.17, 15) is 30.6 Å². The quantitative estimate of drug-likeness (QED) is 0.110. The van der Waals surface area contributed by atoms with Crippen molar-refractivity contribution in [2.75, 3.05) is 0 Å². The van der Waals surface area contributed by atoms with Crippen LogP contribution < -0.4 is 0 Å². The lowest BCUT2D eigenvalue weighted by Gasteiger charge is -2.35. The van der Waals surface area contributed by atoms with Crippen LogP contribution in [-0.4, -0.2) is 11.6 Å². The fourth-order valence-corrected chi connectivity index (χ4v) is 19.7. The number of fused-ring (bicyclic) bond motifs is 12. The van der Waals surface area contributed by atoms with Crippen molar-refractivity contribution in [3.8, 4) is 66.0 Å². The predicted octanol–water partition coefficient (Wildman–Crippen LogP) is 21.7. The lowest BCUT2D eigenvalue weighted by Crippen LogP contribution is -2.30. The van der Waals surface area contributed by atoms with E-state index < -0.39 is 10.8 Å². The number of allylic oxidation sites excluding steroid dienone is 6. The zero-order valence-electron chi connectivity index (χ0n) is 52.2. The Kier molecular flexibility index (Phi) is 13.4. The van der Waals surface area contributed by atoms with Crippen molar-refractivity contribution in [2.45, 2.75) is 38.5 Å². The number of nitrogens with zero attached hydrogens (tertiary/aromatic N) is 4. The zero-order valence-corrected chi connectivity index (χ0v) is 55.4. The van der Waals surface area contributed by atoms with Crippen LogP contribution in [-0.2, 0) is 10.8 Å². The third-order valence-electron chi connectivity index (χ3n) is 19.8. The highest BCUT2D eigenvalue weighted by Gasteiger charge is 2.53. The summed E-state index contributed by atoms with van der Waals surface area (Å²) in [5, 5.41) is 42.8. The Labute approximate surface area is 570 Å². The van der Waals surface area contributed by atoms with Gasteiger partial charge in [0.05, 0.1) is 10.8 Å². The number of ketones is 2. The summed E-state index contributed by atoms with van der Waals surface area (Å²) < 4.78 is 2.29. The molecule has 17 rings (SSSR count). The van der Waals surface area contributed by atoms with Crippen LogP contribution in [0.25, 0.3) is 85.2 Å². The molecule has 0 spiro atoms. The van der Waals surface area contributed by atoms with Crippen molar-refractivity contribution in [3.05, 3.63) is 339 Å². The minimum atomic E-state index is -0.783. The van der Waals surface area contributed by atoms with Crippen molar-refractivity contribution >= 4 is 100 Å². The van der Waals surface area contributed by atoms with Crippen LogP contribution in [0.5, 0.6) is 0 Å². The molecule has 13 aromatic rings. The maximum absolute atomic E-state index is 14.1. The number of nitriles is 4. The molecule has 0 saturated heterocycles. The smallest absolute Gasteiger partial charge is 0.194 e. The summed E-state index contributed by atoms with van der Waals surface area (Å²) in [6, 6.07) is 86.7. The van der Waals surface area contributed by atoms with Gasteiger partial charge in [-0.3, -0.25) is 9.59 Å². The minimum absolute atomic E-state index is 0.0879. The summed E-state index contributed by atoms with van der Waals surface area (Å²) >= 11 is 6.68.